The molecule has 3 rings (SSSR count). The van der Waals surface area contributed by atoms with Crippen molar-refractivity contribution in [1.82, 2.24) is 15.0 Å². The van der Waals surface area contributed by atoms with E-state index in [1.165, 1.54) is 0 Å². The van der Waals surface area contributed by atoms with Gasteiger partial charge >= 0.3 is 0 Å². The van der Waals surface area contributed by atoms with Gasteiger partial charge in [-0.05, 0) is 19.1 Å². The number of hydrogen-bond donors (Lipinski definition) is 1. The minimum Gasteiger partial charge on any atom is -0.378 e. The standard InChI is InChI=1S/C15H19N5O/c1-12-10-14(20-6-8-21-9-7-20)19-15(18-12)17-11-13-4-2-3-5-16-13/h2-5,10H,6-9,11H2,1H3,(H,17,18,19). The number of aryl methyl sites for hydroxylation is 1. The van der Waals surface area contributed by atoms with E-state index in [1.807, 2.05) is 31.2 Å². The van der Waals surface area contributed by atoms with Gasteiger partial charge in [0.2, 0.25) is 5.95 Å². The van der Waals surface area contributed by atoms with Crippen LogP contribution in [-0.2, 0) is 11.3 Å². The van der Waals surface area contributed by atoms with Crippen LogP contribution in [0.2, 0.25) is 0 Å². The van der Waals surface area contributed by atoms with Gasteiger partial charge in [-0.2, -0.15) is 4.98 Å². The molecule has 0 radical (unpaired) electrons. The highest BCUT2D eigenvalue weighted by atomic mass is 16.5. The van der Waals surface area contributed by atoms with Crippen LogP contribution < -0.4 is 10.2 Å². The SMILES string of the molecule is Cc1cc(N2CCOCC2)nc(NCc2ccccn2)n1. The summed E-state index contributed by atoms with van der Waals surface area (Å²) in [6.07, 6.45) is 1.78. The molecule has 2 aromatic heterocycles. The third-order valence-electron chi connectivity index (χ3n) is 3.33. The van der Waals surface area contributed by atoms with Crippen molar-refractivity contribution in [3.8, 4) is 0 Å². The highest BCUT2D eigenvalue weighted by Crippen LogP contribution is 2.16. The van der Waals surface area contributed by atoms with Crippen LogP contribution in [0.5, 0.6) is 0 Å². The predicted octanol–water partition coefficient (Wildman–Crippen LogP) is 1.63. The Morgan fingerprint density at radius 1 is 1.24 bits per heavy atom. The Morgan fingerprint density at radius 2 is 2.10 bits per heavy atom. The molecule has 0 atom stereocenters. The quantitative estimate of drug-likeness (QED) is 0.921. The number of nitrogens with one attached hydrogen (secondary N) is 1. The van der Waals surface area contributed by atoms with Crippen LogP contribution in [0, 0.1) is 6.92 Å². The largest absolute Gasteiger partial charge is 0.378 e. The zero-order valence-electron chi connectivity index (χ0n) is 12.1. The Balaban J connectivity index is 1.71. The molecule has 0 amide bonds. The lowest BCUT2D eigenvalue weighted by atomic mass is 10.3. The van der Waals surface area contributed by atoms with Gasteiger partial charge in [0, 0.05) is 31.0 Å². The molecule has 1 aliphatic heterocycles. The van der Waals surface area contributed by atoms with Gasteiger partial charge in [0.15, 0.2) is 0 Å². The fraction of sp³-hybridized carbons (Fsp3) is 0.400. The van der Waals surface area contributed by atoms with Crippen LogP contribution >= 0.6 is 0 Å². The van der Waals surface area contributed by atoms with Gasteiger partial charge in [-0.3, -0.25) is 4.98 Å². The van der Waals surface area contributed by atoms with Crippen molar-refractivity contribution >= 4 is 11.8 Å². The van der Waals surface area contributed by atoms with E-state index in [4.69, 9.17) is 4.74 Å². The molecule has 1 N–H and O–H groups in total. The van der Waals surface area contributed by atoms with Crippen LogP contribution in [-0.4, -0.2) is 41.3 Å². The van der Waals surface area contributed by atoms with Crippen molar-refractivity contribution in [1.29, 1.82) is 0 Å². The molecule has 0 bridgehead atoms. The summed E-state index contributed by atoms with van der Waals surface area (Å²) in [5, 5.41) is 3.24. The molecule has 0 aliphatic carbocycles. The molecule has 1 fully saturated rings. The summed E-state index contributed by atoms with van der Waals surface area (Å²) in [5.74, 6) is 1.59. The molecular weight excluding hydrogens is 266 g/mol. The Hall–Kier alpha value is -2.21. The first-order valence-corrected chi connectivity index (χ1v) is 7.13. The zero-order valence-corrected chi connectivity index (χ0v) is 12.1. The number of rotatable bonds is 4. The lowest BCUT2D eigenvalue weighted by Gasteiger charge is -2.28. The topological polar surface area (TPSA) is 63.2 Å². The van der Waals surface area contributed by atoms with E-state index in [0.717, 1.165) is 43.5 Å². The normalized spacial score (nSPS) is 15.0. The summed E-state index contributed by atoms with van der Waals surface area (Å²) >= 11 is 0. The van der Waals surface area contributed by atoms with E-state index in [-0.39, 0.29) is 0 Å². The number of morpholine rings is 1. The van der Waals surface area contributed by atoms with Crippen LogP contribution in [0.3, 0.4) is 0 Å². The number of pyridine rings is 1. The smallest absolute Gasteiger partial charge is 0.225 e. The van der Waals surface area contributed by atoms with Gasteiger partial charge in [0.25, 0.3) is 0 Å². The van der Waals surface area contributed by atoms with E-state index in [9.17, 15) is 0 Å². The second-order valence-corrected chi connectivity index (χ2v) is 4.97. The molecule has 0 saturated carbocycles. The molecule has 21 heavy (non-hydrogen) atoms. The average molecular weight is 285 g/mol. The number of nitrogens with zero attached hydrogens (tertiary/aromatic N) is 4. The maximum atomic E-state index is 5.38. The van der Waals surface area contributed by atoms with Gasteiger partial charge in [0.05, 0.1) is 25.5 Å². The summed E-state index contributed by atoms with van der Waals surface area (Å²) < 4.78 is 5.38. The number of hydrogen-bond acceptors (Lipinski definition) is 6. The van der Waals surface area contributed by atoms with Gasteiger partial charge in [0.1, 0.15) is 5.82 Å². The highest BCUT2D eigenvalue weighted by molar-refractivity contribution is 5.45. The Kier molecular flexibility index (Phi) is 4.25. The lowest BCUT2D eigenvalue weighted by Crippen LogP contribution is -2.37. The maximum absolute atomic E-state index is 5.38. The molecule has 0 unspecified atom stereocenters. The molecule has 6 nitrogen and oxygen atoms in total. The van der Waals surface area contributed by atoms with E-state index in [0.29, 0.717) is 12.5 Å². The van der Waals surface area contributed by atoms with Crippen molar-refractivity contribution in [3.05, 3.63) is 41.9 Å². The first kappa shape index (κ1) is 13.8. The first-order chi connectivity index (χ1) is 10.3. The molecule has 110 valence electrons. The molecular formula is C15H19N5O. The maximum Gasteiger partial charge on any atom is 0.225 e. The molecule has 0 spiro atoms. The second kappa shape index (κ2) is 6.49. The molecule has 1 saturated heterocycles. The van der Waals surface area contributed by atoms with E-state index >= 15 is 0 Å². The van der Waals surface area contributed by atoms with E-state index < -0.39 is 0 Å². The van der Waals surface area contributed by atoms with E-state index in [1.54, 1.807) is 6.20 Å². The predicted molar refractivity (Wildman–Crippen MR) is 81.4 cm³/mol. The summed E-state index contributed by atoms with van der Waals surface area (Å²) in [5.41, 5.74) is 1.92. The van der Waals surface area contributed by atoms with Crippen molar-refractivity contribution in [2.75, 3.05) is 36.5 Å². The highest BCUT2D eigenvalue weighted by Gasteiger charge is 2.14. The molecule has 3 heterocycles. The first-order valence-electron chi connectivity index (χ1n) is 7.13. The third-order valence-corrected chi connectivity index (χ3v) is 3.33. The van der Waals surface area contributed by atoms with Crippen molar-refractivity contribution in [2.24, 2.45) is 0 Å². The fourth-order valence-corrected chi connectivity index (χ4v) is 2.26. The Morgan fingerprint density at radius 3 is 2.86 bits per heavy atom. The average Bonchev–Trinajstić information content (AvgIpc) is 2.54. The van der Waals surface area contributed by atoms with Crippen molar-refractivity contribution in [2.45, 2.75) is 13.5 Å². The van der Waals surface area contributed by atoms with Gasteiger partial charge in [-0.1, -0.05) is 6.07 Å². The number of aromatic nitrogens is 3. The lowest BCUT2D eigenvalue weighted by molar-refractivity contribution is 0.122. The van der Waals surface area contributed by atoms with Crippen molar-refractivity contribution < 1.29 is 4.74 Å². The van der Waals surface area contributed by atoms with E-state index in [2.05, 4.69) is 25.2 Å². The Bertz CT molecular complexity index is 584. The summed E-state index contributed by atoms with van der Waals surface area (Å²) in [6.45, 7) is 5.84. The van der Waals surface area contributed by atoms with Gasteiger partial charge in [-0.15, -0.1) is 0 Å². The Labute approximate surface area is 124 Å². The van der Waals surface area contributed by atoms with Crippen LogP contribution in [0.25, 0.3) is 0 Å². The van der Waals surface area contributed by atoms with Crippen LogP contribution in [0.15, 0.2) is 30.5 Å². The van der Waals surface area contributed by atoms with Crippen molar-refractivity contribution in [3.63, 3.8) is 0 Å². The van der Waals surface area contributed by atoms with Gasteiger partial charge < -0.3 is 15.0 Å². The third kappa shape index (κ3) is 3.66. The van der Waals surface area contributed by atoms with Crippen LogP contribution in [0.4, 0.5) is 11.8 Å². The summed E-state index contributed by atoms with van der Waals surface area (Å²) in [4.78, 5) is 15.5. The molecule has 6 heteroatoms. The minimum absolute atomic E-state index is 0.618. The zero-order chi connectivity index (χ0) is 14.5. The number of ether oxygens (including phenoxy) is 1. The summed E-state index contributed by atoms with van der Waals surface area (Å²) in [7, 11) is 0. The second-order valence-electron chi connectivity index (χ2n) is 4.97. The molecule has 2 aromatic rings. The monoisotopic (exact) mass is 285 g/mol. The molecule has 0 aromatic carbocycles. The molecule has 1 aliphatic rings. The number of anilines is 2. The fourth-order valence-electron chi connectivity index (χ4n) is 2.26. The van der Waals surface area contributed by atoms with Crippen LogP contribution in [0.1, 0.15) is 11.4 Å². The minimum atomic E-state index is 0.618. The summed E-state index contributed by atoms with van der Waals surface area (Å²) in [6, 6.07) is 7.87. The van der Waals surface area contributed by atoms with Gasteiger partial charge in [-0.25, -0.2) is 4.98 Å².